The fraction of sp³-hybridized carbons (Fsp3) is 0.588. The lowest BCUT2D eigenvalue weighted by atomic mass is 10.1. The smallest absolute Gasteiger partial charge is 0.226 e. The van der Waals surface area contributed by atoms with Crippen molar-refractivity contribution < 1.29 is 9.53 Å². The van der Waals surface area contributed by atoms with E-state index in [4.69, 9.17) is 4.74 Å². The van der Waals surface area contributed by atoms with E-state index in [2.05, 4.69) is 4.90 Å². The van der Waals surface area contributed by atoms with Gasteiger partial charge in [0.1, 0.15) is 5.75 Å². The highest BCUT2D eigenvalue weighted by Crippen LogP contribution is 2.18. The molecule has 4 nitrogen and oxygen atoms in total. The Morgan fingerprint density at radius 2 is 1.95 bits per heavy atom. The molecular formula is C17H26N2O2. The summed E-state index contributed by atoms with van der Waals surface area (Å²) in [5, 5.41) is 0. The summed E-state index contributed by atoms with van der Waals surface area (Å²) in [4.78, 5) is 16.6. The minimum Gasteiger partial charge on any atom is -0.496 e. The van der Waals surface area contributed by atoms with E-state index in [-0.39, 0.29) is 5.91 Å². The highest BCUT2D eigenvalue weighted by atomic mass is 16.5. The third-order valence-electron chi connectivity index (χ3n) is 4.16. The number of rotatable bonds is 6. The van der Waals surface area contributed by atoms with E-state index in [0.29, 0.717) is 6.42 Å². The van der Waals surface area contributed by atoms with Crippen molar-refractivity contribution >= 4 is 5.91 Å². The molecule has 0 aliphatic carbocycles. The molecule has 1 saturated heterocycles. The van der Waals surface area contributed by atoms with Crippen LogP contribution in [0, 0.1) is 0 Å². The second-order valence-corrected chi connectivity index (χ2v) is 5.71. The number of ether oxygens (including phenoxy) is 1. The molecule has 0 aromatic heterocycles. The van der Waals surface area contributed by atoms with Gasteiger partial charge in [0.25, 0.3) is 0 Å². The van der Waals surface area contributed by atoms with Crippen molar-refractivity contribution in [2.45, 2.75) is 25.7 Å². The van der Waals surface area contributed by atoms with Crippen LogP contribution in [0.2, 0.25) is 0 Å². The average Bonchev–Trinajstić information content (AvgIpc) is 2.54. The molecule has 1 aromatic carbocycles. The Morgan fingerprint density at radius 3 is 2.67 bits per heavy atom. The Balaban J connectivity index is 1.81. The van der Waals surface area contributed by atoms with Gasteiger partial charge in [0.15, 0.2) is 0 Å². The normalized spacial score (nSPS) is 15.7. The van der Waals surface area contributed by atoms with Crippen LogP contribution in [0.3, 0.4) is 0 Å². The summed E-state index contributed by atoms with van der Waals surface area (Å²) in [7, 11) is 3.53. The number of benzene rings is 1. The predicted octanol–water partition coefficient (Wildman–Crippen LogP) is 2.18. The number of amides is 1. The fourth-order valence-electron chi connectivity index (χ4n) is 2.75. The Labute approximate surface area is 127 Å². The molecule has 0 saturated carbocycles. The predicted molar refractivity (Wildman–Crippen MR) is 84.6 cm³/mol. The zero-order chi connectivity index (χ0) is 15.1. The summed E-state index contributed by atoms with van der Waals surface area (Å²) in [5.74, 6) is 0.937. The molecule has 1 aliphatic heterocycles. The van der Waals surface area contributed by atoms with Crippen molar-refractivity contribution in [1.29, 1.82) is 0 Å². The van der Waals surface area contributed by atoms with Crippen LogP contribution >= 0.6 is 0 Å². The van der Waals surface area contributed by atoms with Gasteiger partial charge in [0, 0.05) is 25.7 Å². The number of carbonyl (C=O) groups is 1. The van der Waals surface area contributed by atoms with Crippen molar-refractivity contribution in [2.75, 3.05) is 40.3 Å². The van der Waals surface area contributed by atoms with Gasteiger partial charge in [-0.2, -0.15) is 0 Å². The number of nitrogens with zero attached hydrogens (tertiary/aromatic N) is 2. The molecule has 0 radical (unpaired) electrons. The second-order valence-electron chi connectivity index (χ2n) is 5.71. The van der Waals surface area contributed by atoms with Crippen LogP contribution in [0.4, 0.5) is 0 Å². The van der Waals surface area contributed by atoms with E-state index < -0.39 is 0 Å². The lowest BCUT2D eigenvalue weighted by Gasteiger charge is -2.28. The van der Waals surface area contributed by atoms with Crippen LogP contribution in [-0.2, 0) is 11.2 Å². The van der Waals surface area contributed by atoms with E-state index in [1.807, 2.05) is 36.2 Å². The van der Waals surface area contributed by atoms with Crippen LogP contribution in [0.15, 0.2) is 24.3 Å². The summed E-state index contributed by atoms with van der Waals surface area (Å²) in [5.41, 5.74) is 0.954. The molecule has 0 N–H and O–H groups in total. The number of likely N-dealkylation sites (N-methyl/N-ethyl adjacent to an activating group) is 1. The van der Waals surface area contributed by atoms with E-state index in [0.717, 1.165) is 24.4 Å². The molecule has 1 heterocycles. The third kappa shape index (κ3) is 4.74. The van der Waals surface area contributed by atoms with E-state index in [9.17, 15) is 4.79 Å². The van der Waals surface area contributed by atoms with Gasteiger partial charge in [-0.05, 0) is 32.0 Å². The number of para-hydroxylation sites is 1. The lowest BCUT2D eigenvalue weighted by molar-refractivity contribution is -0.129. The first-order valence-electron chi connectivity index (χ1n) is 7.79. The number of carbonyl (C=O) groups excluding carboxylic acids is 1. The quantitative estimate of drug-likeness (QED) is 0.805. The molecule has 0 unspecified atom stereocenters. The van der Waals surface area contributed by atoms with Crippen LogP contribution in [0.1, 0.15) is 24.8 Å². The number of hydrogen-bond donors (Lipinski definition) is 0. The molecule has 1 amide bonds. The van der Waals surface area contributed by atoms with Crippen LogP contribution in [-0.4, -0.2) is 56.0 Å². The molecular weight excluding hydrogens is 264 g/mol. The topological polar surface area (TPSA) is 32.8 Å². The molecule has 2 rings (SSSR count). The average molecular weight is 290 g/mol. The molecule has 0 bridgehead atoms. The Hall–Kier alpha value is -1.55. The highest BCUT2D eigenvalue weighted by Gasteiger charge is 2.15. The SMILES string of the molecule is COc1ccccc1CC(=O)N(C)CCN1CCCCC1. The summed E-state index contributed by atoms with van der Waals surface area (Å²) in [6, 6.07) is 7.72. The molecule has 1 aromatic rings. The maximum absolute atomic E-state index is 12.3. The van der Waals surface area contributed by atoms with E-state index in [1.54, 1.807) is 7.11 Å². The monoisotopic (exact) mass is 290 g/mol. The summed E-state index contributed by atoms with van der Waals surface area (Å²) in [6.45, 7) is 4.13. The molecule has 21 heavy (non-hydrogen) atoms. The van der Waals surface area contributed by atoms with Crippen molar-refractivity contribution in [3.05, 3.63) is 29.8 Å². The van der Waals surface area contributed by atoms with Gasteiger partial charge in [-0.25, -0.2) is 0 Å². The minimum atomic E-state index is 0.150. The van der Waals surface area contributed by atoms with Crippen molar-refractivity contribution in [1.82, 2.24) is 9.80 Å². The van der Waals surface area contributed by atoms with E-state index in [1.165, 1.54) is 32.4 Å². The molecule has 4 heteroatoms. The van der Waals surface area contributed by atoms with Gasteiger partial charge >= 0.3 is 0 Å². The standard InChI is InChI=1S/C17H26N2O2/c1-18(12-13-19-10-6-3-7-11-19)17(20)14-15-8-4-5-9-16(15)21-2/h4-5,8-9H,3,6-7,10-14H2,1-2H3. The lowest BCUT2D eigenvalue weighted by Crippen LogP contribution is -2.39. The first-order valence-corrected chi connectivity index (χ1v) is 7.79. The maximum atomic E-state index is 12.3. The second kappa shape index (κ2) is 8.03. The molecule has 1 fully saturated rings. The van der Waals surface area contributed by atoms with Crippen molar-refractivity contribution in [3.63, 3.8) is 0 Å². The third-order valence-corrected chi connectivity index (χ3v) is 4.16. The number of methoxy groups -OCH3 is 1. The first-order chi connectivity index (χ1) is 10.2. The number of piperidine rings is 1. The largest absolute Gasteiger partial charge is 0.496 e. The van der Waals surface area contributed by atoms with Crippen molar-refractivity contribution in [3.8, 4) is 5.75 Å². The van der Waals surface area contributed by atoms with Crippen molar-refractivity contribution in [2.24, 2.45) is 0 Å². The van der Waals surface area contributed by atoms with Gasteiger partial charge in [-0.1, -0.05) is 24.6 Å². The van der Waals surface area contributed by atoms with Gasteiger partial charge < -0.3 is 14.5 Å². The molecule has 0 spiro atoms. The Morgan fingerprint density at radius 1 is 1.24 bits per heavy atom. The van der Waals surface area contributed by atoms with E-state index >= 15 is 0 Å². The van der Waals surface area contributed by atoms with Crippen LogP contribution < -0.4 is 4.74 Å². The minimum absolute atomic E-state index is 0.150. The Bertz CT molecular complexity index is 456. The van der Waals surface area contributed by atoms with Crippen LogP contribution in [0.5, 0.6) is 5.75 Å². The Kier molecular flexibility index (Phi) is 6.05. The van der Waals surface area contributed by atoms with Gasteiger partial charge in [-0.15, -0.1) is 0 Å². The zero-order valence-electron chi connectivity index (χ0n) is 13.2. The first kappa shape index (κ1) is 15.8. The summed E-state index contributed by atoms with van der Waals surface area (Å²) >= 11 is 0. The van der Waals surface area contributed by atoms with Gasteiger partial charge in [0.2, 0.25) is 5.91 Å². The number of hydrogen-bond acceptors (Lipinski definition) is 3. The van der Waals surface area contributed by atoms with Crippen LogP contribution in [0.25, 0.3) is 0 Å². The summed E-state index contributed by atoms with van der Waals surface area (Å²) < 4.78 is 5.30. The molecule has 0 atom stereocenters. The maximum Gasteiger partial charge on any atom is 0.226 e. The highest BCUT2D eigenvalue weighted by molar-refractivity contribution is 5.79. The zero-order valence-corrected chi connectivity index (χ0v) is 13.2. The summed E-state index contributed by atoms with van der Waals surface area (Å²) in [6.07, 6.45) is 4.33. The fourth-order valence-corrected chi connectivity index (χ4v) is 2.75. The number of likely N-dealkylation sites (tertiary alicyclic amines) is 1. The molecule has 1 aliphatic rings. The molecule has 116 valence electrons. The van der Waals surface area contributed by atoms with Gasteiger partial charge in [-0.3, -0.25) is 4.79 Å². The van der Waals surface area contributed by atoms with Gasteiger partial charge in [0.05, 0.1) is 13.5 Å².